The second-order valence-electron chi connectivity index (χ2n) is 10.2. The van der Waals surface area contributed by atoms with E-state index in [0.29, 0.717) is 42.9 Å². The summed E-state index contributed by atoms with van der Waals surface area (Å²) >= 11 is 0. The number of amides is 2. The maximum Gasteiger partial charge on any atom is 0.410 e. The number of piperidine rings is 1. The summed E-state index contributed by atoms with van der Waals surface area (Å²) in [7, 11) is -2.17. The Kier molecular flexibility index (Phi) is 7.33. The number of carbonyl (C=O) groups excluding carboxylic acids is 2. The lowest BCUT2D eigenvalue weighted by Crippen LogP contribution is -2.50. The van der Waals surface area contributed by atoms with Crippen LogP contribution < -0.4 is 4.72 Å². The van der Waals surface area contributed by atoms with E-state index in [1.54, 1.807) is 17.0 Å². The molecule has 194 valence electrons. The molecule has 2 fully saturated rings. The normalized spacial score (nSPS) is 17.1. The van der Waals surface area contributed by atoms with E-state index in [4.69, 9.17) is 4.74 Å². The van der Waals surface area contributed by atoms with E-state index in [-0.39, 0.29) is 29.0 Å². The van der Waals surface area contributed by atoms with Gasteiger partial charge in [0.05, 0.1) is 10.5 Å². The second-order valence-corrected chi connectivity index (χ2v) is 12.1. The van der Waals surface area contributed by atoms with Crippen LogP contribution in [0.1, 0.15) is 56.8 Å². The smallest absolute Gasteiger partial charge is 0.410 e. The highest BCUT2D eigenvalue weighted by Crippen LogP contribution is 2.33. The average Bonchev–Trinajstić information content (AvgIpc) is 3.69. The molecule has 36 heavy (non-hydrogen) atoms. The fraction of sp³-hybridized carbons (Fsp3) is 0.520. The van der Waals surface area contributed by atoms with E-state index in [1.165, 1.54) is 31.6 Å². The minimum atomic E-state index is -3.52. The molecule has 11 heteroatoms. The molecular weight excluding hydrogens is 482 g/mol. The summed E-state index contributed by atoms with van der Waals surface area (Å²) in [5.74, 6) is 0.304. The van der Waals surface area contributed by atoms with Gasteiger partial charge < -0.3 is 14.5 Å². The first kappa shape index (κ1) is 26.0. The average molecular weight is 516 g/mol. The number of sulfonamides is 1. The van der Waals surface area contributed by atoms with Gasteiger partial charge in [-0.15, -0.1) is 0 Å². The summed E-state index contributed by atoms with van der Waals surface area (Å²) in [5.41, 5.74) is 0.523. The number of nitrogens with zero attached hydrogens (tertiary/aromatic N) is 4. The van der Waals surface area contributed by atoms with Crippen molar-refractivity contribution in [3.63, 3.8) is 0 Å². The molecule has 0 spiro atoms. The Morgan fingerprint density at radius 3 is 2.06 bits per heavy atom. The van der Waals surface area contributed by atoms with Crippen LogP contribution in [-0.4, -0.2) is 78.0 Å². The van der Waals surface area contributed by atoms with Crippen molar-refractivity contribution in [1.29, 1.82) is 0 Å². The first-order chi connectivity index (χ1) is 17.0. The zero-order chi connectivity index (χ0) is 26.1. The Morgan fingerprint density at radius 1 is 1.00 bits per heavy atom. The molecule has 0 bridgehead atoms. The number of carbonyl (C=O) groups is 2. The van der Waals surface area contributed by atoms with Crippen LogP contribution in [0, 0.1) is 0 Å². The quantitative estimate of drug-likeness (QED) is 0.627. The first-order valence-corrected chi connectivity index (χ1v) is 13.6. The van der Waals surface area contributed by atoms with Gasteiger partial charge in [0, 0.05) is 43.1 Å². The van der Waals surface area contributed by atoms with Crippen LogP contribution in [0.5, 0.6) is 0 Å². The molecule has 10 nitrogen and oxygen atoms in total. The minimum absolute atomic E-state index is 0.0463. The standard InChI is InChI=1S/C25H33N5O5S/c1-25(2,3)35-24(32)29-13-11-20(12-14-29)30(19-7-8-19)23(31)18-15-27-22(28-16-18)17-5-9-21(10-6-17)36(33,34)26-4/h5-6,9-10,15-16,19-20,26H,7-8,11-14H2,1-4H3. The van der Waals surface area contributed by atoms with E-state index in [1.807, 2.05) is 25.7 Å². The Morgan fingerprint density at radius 2 is 1.56 bits per heavy atom. The lowest BCUT2D eigenvalue weighted by molar-refractivity contribution is 0.0142. The van der Waals surface area contributed by atoms with Crippen molar-refractivity contribution < 1.29 is 22.7 Å². The zero-order valence-electron chi connectivity index (χ0n) is 21.1. The third-order valence-electron chi connectivity index (χ3n) is 6.27. The Bertz CT molecular complexity index is 1200. The molecule has 0 atom stereocenters. The van der Waals surface area contributed by atoms with Gasteiger partial charge in [0.1, 0.15) is 5.60 Å². The summed E-state index contributed by atoms with van der Waals surface area (Å²) in [4.78, 5) is 38.4. The van der Waals surface area contributed by atoms with Crippen molar-refractivity contribution in [2.24, 2.45) is 0 Å². The van der Waals surface area contributed by atoms with E-state index in [9.17, 15) is 18.0 Å². The highest BCUT2D eigenvalue weighted by atomic mass is 32.2. The van der Waals surface area contributed by atoms with Gasteiger partial charge >= 0.3 is 6.09 Å². The van der Waals surface area contributed by atoms with Gasteiger partial charge in [0.15, 0.2) is 5.82 Å². The third-order valence-corrected chi connectivity index (χ3v) is 7.70. The molecule has 0 radical (unpaired) electrons. The van der Waals surface area contributed by atoms with Crippen LogP contribution >= 0.6 is 0 Å². The predicted molar refractivity (Wildman–Crippen MR) is 134 cm³/mol. The number of nitrogens with one attached hydrogen (secondary N) is 1. The van der Waals surface area contributed by atoms with E-state index < -0.39 is 15.6 Å². The van der Waals surface area contributed by atoms with Gasteiger partial charge in [-0.3, -0.25) is 4.79 Å². The summed E-state index contributed by atoms with van der Waals surface area (Å²) in [6.07, 6.45) is 6.07. The van der Waals surface area contributed by atoms with Crippen molar-refractivity contribution >= 4 is 22.0 Å². The summed E-state index contributed by atoms with van der Waals surface area (Å²) in [5, 5.41) is 0. The van der Waals surface area contributed by atoms with Crippen molar-refractivity contribution in [3.8, 4) is 11.4 Å². The molecule has 1 aromatic carbocycles. The number of ether oxygens (including phenoxy) is 1. The Balaban J connectivity index is 1.42. The molecule has 1 N–H and O–H groups in total. The zero-order valence-corrected chi connectivity index (χ0v) is 21.9. The monoisotopic (exact) mass is 515 g/mol. The number of rotatable bonds is 6. The van der Waals surface area contributed by atoms with Crippen molar-refractivity contribution in [2.75, 3.05) is 20.1 Å². The molecular formula is C25H33N5O5S. The van der Waals surface area contributed by atoms with Gasteiger partial charge in [0.25, 0.3) is 5.91 Å². The third kappa shape index (κ3) is 6.01. The largest absolute Gasteiger partial charge is 0.444 e. The van der Waals surface area contributed by atoms with Gasteiger partial charge in [0.2, 0.25) is 10.0 Å². The van der Waals surface area contributed by atoms with Gasteiger partial charge in [-0.25, -0.2) is 27.9 Å². The van der Waals surface area contributed by atoms with Crippen LogP contribution in [0.25, 0.3) is 11.4 Å². The van der Waals surface area contributed by atoms with E-state index in [0.717, 1.165) is 12.8 Å². The molecule has 2 aliphatic rings. The Hall–Kier alpha value is -3.05. The van der Waals surface area contributed by atoms with E-state index in [2.05, 4.69) is 14.7 Å². The molecule has 1 saturated heterocycles. The molecule has 0 unspecified atom stereocenters. The van der Waals surface area contributed by atoms with Gasteiger partial charge in [-0.2, -0.15) is 0 Å². The fourth-order valence-corrected chi connectivity index (χ4v) is 5.00. The van der Waals surface area contributed by atoms with Crippen LogP contribution in [0.4, 0.5) is 4.79 Å². The fourth-order valence-electron chi connectivity index (χ4n) is 4.27. The number of hydrogen-bond acceptors (Lipinski definition) is 7. The maximum atomic E-state index is 13.4. The predicted octanol–water partition coefficient (Wildman–Crippen LogP) is 3.06. The highest BCUT2D eigenvalue weighted by molar-refractivity contribution is 7.89. The lowest BCUT2D eigenvalue weighted by Gasteiger charge is -2.39. The van der Waals surface area contributed by atoms with Crippen LogP contribution in [0.3, 0.4) is 0 Å². The SMILES string of the molecule is CNS(=O)(=O)c1ccc(-c2ncc(C(=O)N(C3CC3)C3CCN(C(=O)OC(C)(C)C)CC3)cn2)cc1. The maximum absolute atomic E-state index is 13.4. The molecule has 2 amide bonds. The first-order valence-electron chi connectivity index (χ1n) is 12.1. The lowest BCUT2D eigenvalue weighted by atomic mass is 10.0. The number of aromatic nitrogens is 2. The molecule has 2 heterocycles. The summed E-state index contributed by atoms with van der Waals surface area (Å²) in [6, 6.07) is 6.50. The number of likely N-dealkylation sites (tertiary alicyclic amines) is 1. The van der Waals surface area contributed by atoms with Gasteiger partial charge in [-0.1, -0.05) is 0 Å². The van der Waals surface area contributed by atoms with E-state index >= 15 is 0 Å². The van der Waals surface area contributed by atoms with Crippen LogP contribution in [0.15, 0.2) is 41.6 Å². The van der Waals surface area contributed by atoms with Crippen LogP contribution in [0.2, 0.25) is 0 Å². The Labute approximate surface area is 212 Å². The van der Waals surface area contributed by atoms with Crippen molar-refractivity contribution in [2.45, 2.75) is 69.0 Å². The number of benzene rings is 1. The molecule has 2 aromatic rings. The number of hydrogen-bond donors (Lipinski definition) is 1. The van der Waals surface area contributed by atoms with Gasteiger partial charge in [-0.05, 0) is 77.8 Å². The van der Waals surface area contributed by atoms with Crippen LogP contribution in [-0.2, 0) is 14.8 Å². The molecule has 1 aromatic heterocycles. The minimum Gasteiger partial charge on any atom is -0.444 e. The second kappa shape index (κ2) is 10.1. The molecule has 1 saturated carbocycles. The summed E-state index contributed by atoms with van der Waals surface area (Å²) < 4.78 is 31.6. The summed E-state index contributed by atoms with van der Waals surface area (Å²) in [6.45, 7) is 6.64. The highest BCUT2D eigenvalue weighted by Gasteiger charge is 2.40. The molecule has 4 rings (SSSR count). The molecule has 1 aliphatic heterocycles. The van der Waals surface area contributed by atoms with Crippen molar-refractivity contribution in [3.05, 3.63) is 42.2 Å². The topological polar surface area (TPSA) is 122 Å². The van der Waals surface area contributed by atoms with Crippen molar-refractivity contribution in [1.82, 2.24) is 24.5 Å². The molecule has 1 aliphatic carbocycles.